The molecule has 3 N–H and O–H groups in total. The number of nitrogens with one attached hydrogen (secondary N) is 3. The van der Waals surface area contributed by atoms with Crippen molar-refractivity contribution in [1.82, 2.24) is 25.7 Å². The van der Waals surface area contributed by atoms with E-state index in [1.165, 1.54) is 12.8 Å². The van der Waals surface area contributed by atoms with Crippen LogP contribution < -0.4 is 26.4 Å². The van der Waals surface area contributed by atoms with Crippen molar-refractivity contribution in [3.63, 3.8) is 0 Å². The van der Waals surface area contributed by atoms with Crippen LogP contribution in [0.1, 0.15) is 63.4 Å². The van der Waals surface area contributed by atoms with Gasteiger partial charge in [0.15, 0.2) is 0 Å². The van der Waals surface area contributed by atoms with Crippen molar-refractivity contribution in [3.05, 3.63) is 22.1 Å². The maximum absolute atomic E-state index is 12.7. The van der Waals surface area contributed by atoms with Gasteiger partial charge in [0, 0.05) is 36.8 Å². The van der Waals surface area contributed by atoms with Crippen molar-refractivity contribution in [2.24, 2.45) is 0 Å². The number of hydrogen-bond acceptors (Lipinski definition) is 5. The van der Waals surface area contributed by atoms with E-state index in [-0.39, 0.29) is 24.2 Å². The van der Waals surface area contributed by atoms with E-state index in [1.807, 2.05) is 0 Å². The molecule has 1 aromatic rings. The van der Waals surface area contributed by atoms with Crippen LogP contribution in [0.15, 0.2) is 11.0 Å². The van der Waals surface area contributed by atoms with Gasteiger partial charge in [-0.2, -0.15) is 5.10 Å². The molecule has 164 valence electrons. The van der Waals surface area contributed by atoms with E-state index in [0.717, 1.165) is 61.9 Å². The Bertz CT molecular complexity index is 842. The number of hydrogen-bond donors (Lipinski definition) is 3. The van der Waals surface area contributed by atoms with E-state index in [2.05, 4.69) is 25.9 Å². The van der Waals surface area contributed by atoms with Gasteiger partial charge >= 0.3 is 12.1 Å². The minimum atomic E-state index is -0.453. The first kappa shape index (κ1) is 20.7. The Kier molecular flexibility index (Phi) is 6.24. The molecule has 1 saturated heterocycles. The summed E-state index contributed by atoms with van der Waals surface area (Å²) in [5.41, 5.74) is 0.839. The fraction of sp³-hybridized carbons (Fsp3) is 0.714. The quantitative estimate of drug-likeness (QED) is 0.694. The number of aromatic nitrogens is 2. The van der Waals surface area contributed by atoms with Gasteiger partial charge in [0.05, 0.1) is 11.9 Å². The van der Waals surface area contributed by atoms with Gasteiger partial charge < -0.3 is 20.9 Å². The highest BCUT2D eigenvalue weighted by molar-refractivity contribution is 5.76. The Morgan fingerprint density at radius 3 is 2.20 bits per heavy atom. The van der Waals surface area contributed by atoms with Crippen molar-refractivity contribution in [3.8, 4) is 0 Å². The molecule has 1 aliphatic heterocycles. The highest BCUT2D eigenvalue weighted by atomic mass is 16.2. The molecule has 30 heavy (non-hydrogen) atoms. The number of urea groups is 1. The highest BCUT2D eigenvalue weighted by Gasteiger charge is 2.28. The van der Waals surface area contributed by atoms with E-state index >= 15 is 0 Å². The average Bonchev–Trinajstić information content (AvgIpc) is 3.47. The minimum Gasteiger partial charge on any atom is -0.368 e. The van der Waals surface area contributed by atoms with Crippen LogP contribution in [0.25, 0.3) is 0 Å². The van der Waals surface area contributed by atoms with Gasteiger partial charge in [0.25, 0.3) is 5.56 Å². The third-order valence-corrected chi connectivity index (χ3v) is 6.62. The summed E-state index contributed by atoms with van der Waals surface area (Å²) in [7, 11) is 0. The minimum absolute atomic E-state index is 0.0268. The maximum Gasteiger partial charge on any atom is 0.345 e. The topological polar surface area (TPSA) is 108 Å². The molecule has 2 saturated carbocycles. The van der Waals surface area contributed by atoms with E-state index in [1.54, 1.807) is 13.1 Å². The number of carbonyl (C=O) groups is 2. The largest absolute Gasteiger partial charge is 0.368 e. The molecule has 4 rings (SSSR count). The van der Waals surface area contributed by atoms with Crippen molar-refractivity contribution in [1.29, 1.82) is 0 Å². The molecule has 0 aromatic carbocycles. The first-order valence-corrected chi connectivity index (χ1v) is 11.2. The Morgan fingerprint density at radius 2 is 1.53 bits per heavy atom. The van der Waals surface area contributed by atoms with E-state index in [4.69, 9.17) is 0 Å². The van der Waals surface area contributed by atoms with Crippen molar-refractivity contribution < 1.29 is 9.59 Å². The van der Waals surface area contributed by atoms with Crippen molar-refractivity contribution >= 4 is 17.7 Å². The first-order valence-electron chi connectivity index (χ1n) is 11.2. The molecule has 0 unspecified atom stereocenters. The number of anilines is 1. The smallest absolute Gasteiger partial charge is 0.345 e. The standard InChI is InChI=1S/C21H32N6O3/c1-14-18(12-22-27(19(14)28)21(30)25-16-8-4-5-9-16)26-11-10-17(13-26)24-20(29)23-15-6-2-3-7-15/h12,15-17H,2-11,13H2,1H3,(H,25,30)(H2,23,24,29)/t17-/m1/s1. The number of carbonyl (C=O) groups excluding carboxylic acids is 2. The van der Waals surface area contributed by atoms with Gasteiger partial charge in [0.2, 0.25) is 0 Å². The molecule has 2 heterocycles. The lowest BCUT2D eigenvalue weighted by Gasteiger charge is -2.21. The summed E-state index contributed by atoms with van der Waals surface area (Å²) in [4.78, 5) is 39.5. The summed E-state index contributed by atoms with van der Waals surface area (Å²) >= 11 is 0. The molecule has 3 amide bonds. The zero-order chi connectivity index (χ0) is 21.1. The maximum atomic E-state index is 12.7. The van der Waals surface area contributed by atoms with E-state index in [9.17, 15) is 14.4 Å². The molecule has 0 radical (unpaired) electrons. The molecule has 0 spiro atoms. The van der Waals surface area contributed by atoms with Crippen LogP contribution in [0.5, 0.6) is 0 Å². The second-order valence-electron chi connectivity index (χ2n) is 8.83. The van der Waals surface area contributed by atoms with Gasteiger partial charge in [-0.25, -0.2) is 9.59 Å². The fourth-order valence-electron chi connectivity index (χ4n) is 4.88. The number of nitrogens with zero attached hydrogens (tertiary/aromatic N) is 3. The molecule has 3 fully saturated rings. The zero-order valence-corrected chi connectivity index (χ0v) is 17.7. The van der Waals surface area contributed by atoms with Crippen molar-refractivity contribution in [2.75, 3.05) is 18.0 Å². The van der Waals surface area contributed by atoms with Gasteiger partial charge in [0.1, 0.15) is 0 Å². The van der Waals surface area contributed by atoms with Crippen molar-refractivity contribution in [2.45, 2.75) is 82.8 Å². The second-order valence-corrected chi connectivity index (χ2v) is 8.83. The average molecular weight is 417 g/mol. The molecular formula is C21H32N6O3. The normalized spacial score (nSPS) is 22.4. The predicted molar refractivity (Wildman–Crippen MR) is 114 cm³/mol. The SMILES string of the molecule is Cc1c(N2CC[C@@H](NC(=O)NC3CCCC3)C2)cnn(C(=O)NC2CCCC2)c1=O. The first-order chi connectivity index (χ1) is 14.5. The van der Waals surface area contributed by atoms with Gasteiger partial charge in [-0.05, 0) is 39.0 Å². The summed E-state index contributed by atoms with van der Waals surface area (Å²) in [6.45, 7) is 3.08. The van der Waals surface area contributed by atoms with E-state index in [0.29, 0.717) is 12.1 Å². The molecule has 1 atom stereocenters. The molecule has 9 heteroatoms. The van der Waals surface area contributed by atoms with Gasteiger partial charge in [-0.1, -0.05) is 25.7 Å². The molecule has 2 aliphatic carbocycles. The number of rotatable bonds is 4. The van der Waals surface area contributed by atoms with E-state index < -0.39 is 11.6 Å². The number of amides is 3. The summed E-state index contributed by atoms with van der Waals surface area (Å²) in [6.07, 6.45) is 11.0. The summed E-state index contributed by atoms with van der Waals surface area (Å²) < 4.78 is 0.929. The molecule has 9 nitrogen and oxygen atoms in total. The van der Waals surface area contributed by atoms with Crippen LogP contribution in [-0.2, 0) is 0 Å². The van der Waals surface area contributed by atoms with Crippen LogP contribution in [-0.4, -0.2) is 53.1 Å². The fourth-order valence-corrected chi connectivity index (χ4v) is 4.88. The van der Waals surface area contributed by atoms with Crippen LogP contribution in [0.2, 0.25) is 0 Å². The molecule has 3 aliphatic rings. The lowest BCUT2D eigenvalue weighted by atomic mass is 10.2. The van der Waals surface area contributed by atoms with Crippen LogP contribution in [0.4, 0.5) is 15.3 Å². The Balaban J connectivity index is 1.35. The molecule has 1 aromatic heterocycles. The highest BCUT2D eigenvalue weighted by Crippen LogP contribution is 2.22. The van der Waals surface area contributed by atoms with Crippen LogP contribution in [0.3, 0.4) is 0 Å². The van der Waals surface area contributed by atoms with Gasteiger partial charge in [-0.15, -0.1) is 4.68 Å². The Labute approximate surface area is 176 Å². The van der Waals surface area contributed by atoms with Gasteiger partial charge in [-0.3, -0.25) is 4.79 Å². The summed E-state index contributed by atoms with van der Waals surface area (Å²) in [5.74, 6) is 0. The summed E-state index contributed by atoms with van der Waals surface area (Å²) in [5, 5.41) is 13.1. The van der Waals surface area contributed by atoms with Crippen LogP contribution in [0, 0.1) is 6.92 Å². The zero-order valence-electron chi connectivity index (χ0n) is 17.7. The predicted octanol–water partition coefficient (Wildman–Crippen LogP) is 1.87. The lowest BCUT2D eigenvalue weighted by Crippen LogP contribution is -2.46. The Hall–Kier alpha value is -2.58. The summed E-state index contributed by atoms with van der Waals surface area (Å²) in [6, 6.07) is -0.114. The van der Waals surface area contributed by atoms with Crippen LogP contribution >= 0.6 is 0 Å². The second kappa shape index (κ2) is 9.06. The lowest BCUT2D eigenvalue weighted by molar-refractivity contribution is 0.233. The molecular weight excluding hydrogens is 384 g/mol. The third-order valence-electron chi connectivity index (χ3n) is 6.62. The third kappa shape index (κ3) is 4.60. The monoisotopic (exact) mass is 416 g/mol. The molecule has 0 bridgehead atoms. The Morgan fingerprint density at radius 1 is 0.933 bits per heavy atom.